The summed E-state index contributed by atoms with van der Waals surface area (Å²) in [5.41, 5.74) is 1.07. The molecular formula is C14H17BrClNO2. The molecule has 1 fully saturated rings. The van der Waals surface area contributed by atoms with E-state index in [2.05, 4.69) is 21.2 Å². The first-order valence-electron chi connectivity index (χ1n) is 6.46. The third-order valence-corrected chi connectivity index (χ3v) is 4.53. The van der Waals surface area contributed by atoms with Gasteiger partial charge in [0.15, 0.2) is 0 Å². The van der Waals surface area contributed by atoms with Gasteiger partial charge in [0.25, 0.3) is 0 Å². The van der Waals surface area contributed by atoms with Gasteiger partial charge in [0.05, 0.1) is 5.92 Å². The molecule has 0 atom stereocenters. The predicted octanol–water partition coefficient (Wildman–Crippen LogP) is 3.84. The minimum absolute atomic E-state index is 0.160. The molecule has 0 aromatic heterocycles. The summed E-state index contributed by atoms with van der Waals surface area (Å²) < 4.78 is 1.02. The fourth-order valence-electron chi connectivity index (χ4n) is 2.48. The largest absolute Gasteiger partial charge is 0.481 e. The number of carbonyl (C=O) groups is 1. The molecule has 0 bridgehead atoms. The van der Waals surface area contributed by atoms with Crippen molar-refractivity contribution in [2.45, 2.75) is 38.3 Å². The van der Waals surface area contributed by atoms with Crippen LogP contribution in [0.5, 0.6) is 0 Å². The van der Waals surface area contributed by atoms with Crippen LogP contribution in [0.25, 0.3) is 0 Å². The van der Waals surface area contributed by atoms with E-state index in [-0.39, 0.29) is 5.92 Å². The van der Waals surface area contributed by atoms with Gasteiger partial charge in [-0.25, -0.2) is 0 Å². The first-order chi connectivity index (χ1) is 9.06. The van der Waals surface area contributed by atoms with Crippen molar-refractivity contribution in [2.75, 3.05) is 0 Å². The molecule has 1 aliphatic rings. The van der Waals surface area contributed by atoms with Crippen LogP contribution in [-0.4, -0.2) is 17.1 Å². The number of nitrogens with one attached hydrogen (secondary N) is 1. The average Bonchev–Trinajstić information content (AvgIpc) is 2.40. The Balaban J connectivity index is 1.83. The molecule has 5 heteroatoms. The van der Waals surface area contributed by atoms with Gasteiger partial charge in [0.1, 0.15) is 0 Å². The Hall–Kier alpha value is -0.580. The highest BCUT2D eigenvalue weighted by atomic mass is 79.9. The van der Waals surface area contributed by atoms with Crippen molar-refractivity contribution in [3.8, 4) is 0 Å². The molecule has 0 unspecified atom stereocenters. The maximum absolute atomic E-state index is 10.9. The second kappa shape index (κ2) is 6.73. The van der Waals surface area contributed by atoms with Gasteiger partial charge >= 0.3 is 5.97 Å². The fourth-order valence-corrected chi connectivity index (χ4v) is 3.07. The Kier molecular flexibility index (Phi) is 5.25. The minimum Gasteiger partial charge on any atom is -0.481 e. The van der Waals surface area contributed by atoms with E-state index < -0.39 is 5.97 Å². The monoisotopic (exact) mass is 345 g/mol. The van der Waals surface area contributed by atoms with E-state index in [1.807, 2.05) is 18.2 Å². The molecule has 0 radical (unpaired) electrons. The fraction of sp³-hybridized carbons (Fsp3) is 0.500. The summed E-state index contributed by atoms with van der Waals surface area (Å²) in [5.74, 6) is -0.819. The molecule has 0 amide bonds. The Morgan fingerprint density at radius 1 is 1.37 bits per heavy atom. The summed E-state index contributed by atoms with van der Waals surface area (Å²) in [6.07, 6.45) is 3.36. The number of carboxylic acids is 1. The van der Waals surface area contributed by atoms with Crippen molar-refractivity contribution in [1.82, 2.24) is 5.32 Å². The molecule has 2 N–H and O–H groups in total. The highest BCUT2D eigenvalue weighted by molar-refractivity contribution is 9.10. The number of rotatable bonds is 4. The first kappa shape index (κ1) is 14.8. The quantitative estimate of drug-likeness (QED) is 0.871. The highest BCUT2D eigenvalue weighted by Crippen LogP contribution is 2.26. The summed E-state index contributed by atoms with van der Waals surface area (Å²) >= 11 is 9.57. The Morgan fingerprint density at radius 3 is 2.68 bits per heavy atom. The van der Waals surface area contributed by atoms with Gasteiger partial charge in [-0.3, -0.25) is 4.79 Å². The second-order valence-corrected chi connectivity index (χ2v) is 6.33. The SMILES string of the molecule is O=C(O)C1CCC(NCc2cc(Br)ccc2Cl)CC1. The lowest BCUT2D eigenvalue weighted by atomic mass is 9.86. The van der Waals surface area contributed by atoms with Crippen LogP contribution in [0.3, 0.4) is 0 Å². The van der Waals surface area contributed by atoms with Crippen LogP contribution in [0.4, 0.5) is 0 Å². The zero-order valence-corrected chi connectivity index (χ0v) is 12.9. The molecular weight excluding hydrogens is 330 g/mol. The Bertz CT molecular complexity index is 459. The molecule has 0 heterocycles. The maximum atomic E-state index is 10.9. The van der Waals surface area contributed by atoms with Gasteiger partial charge in [-0.1, -0.05) is 27.5 Å². The van der Waals surface area contributed by atoms with Crippen molar-refractivity contribution >= 4 is 33.5 Å². The number of benzene rings is 1. The van der Waals surface area contributed by atoms with Crippen molar-refractivity contribution in [3.05, 3.63) is 33.3 Å². The number of aliphatic carboxylic acids is 1. The van der Waals surface area contributed by atoms with Crippen molar-refractivity contribution in [2.24, 2.45) is 5.92 Å². The summed E-state index contributed by atoms with van der Waals surface area (Å²) in [5, 5.41) is 13.2. The number of halogens is 2. The molecule has 3 nitrogen and oxygen atoms in total. The van der Waals surface area contributed by atoms with Crippen molar-refractivity contribution < 1.29 is 9.90 Å². The molecule has 1 saturated carbocycles. The Morgan fingerprint density at radius 2 is 2.05 bits per heavy atom. The zero-order valence-electron chi connectivity index (χ0n) is 10.5. The molecule has 0 saturated heterocycles. The minimum atomic E-state index is -0.659. The van der Waals surface area contributed by atoms with Gasteiger partial charge in [0, 0.05) is 22.1 Å². The van der Waals surface area contributed by atoms with Crippen LogP contribution in [0.15, 0.2) is 22.7 Å². The van der Waals surface area contributed by atoms with Crippen LogP contribution in [0.1, 0.15) is 31.2 Å². The van der Waals surface area contributed by atoms with Crippen LogP contribution in [0.2, 0.25) is 5.02 Å². The van der Waals surface area contributed by atoms with Crippen molar-refractivity contribution in [3.63, 3.8) is 0 Å². The van der Waals surface area contributed by atoms with E-state index in [0.29, 0.717) is 6.04 Å². The normalized spacial score (nSPS) is 23.3. The van der Waals surface area contributed by atoms with E-state index in [1.165, 1.54) is 0 Å². The summed E-state index contributed by atoms with van der Waals surface area (Å²) in [6, 6.07) is 6.21. The van der Waals surface area contributed by atoms with Gasteiger partial charge < -0.3 is 10.4 Å². The lowest BCUT2D eigenvalue weighted by Crippen LogP contribution is -2.34. The van der Waals surface area contributed by atoms with E-state index in [0.717, 1.165) is 47.3 Å². The molecule has 104 valence electrons. The van der Waals surface area contributed by atoms with E-state index in [1.54, 1.807) is 0 Å². The molecule has 0 aliphatic heterocycles. The van der Waals surface area contributed by atoms with Gasteiger partial charge in [-0.15, -0.1) is 0 Å². The van der Waals surface area contributed by atoms with Gasteiger partial charge in [-0.05, 0) is 49.4 Å². The van der Waals surface area contributed by atoms with Crippen LogP contribution < -0.4 is 5.32 Å². The molecule has 19 heavy (non-hydrogen) atoms. The Labute approximate surface area is 126 Å². The average molecular weight is 347 g/mol. The number of hydrogen-bond donors (Lipinski definition) is 2. The molecule has 1 aliphatic carbocycles. The van der Waals surface area contributed by atoms with Gasteiger partial charge in [0.2, 0.25) is 0 Å². The number of hydrogen-bond acceptors (Lipinski definition) is 2. The van der Waals surface area contributed by atoms with Crippen LogP contribution in [-0.2, 0) is 11.3 Å². The second-order valence-electron chi connectivity index (χ2n) is 5.00. The van der Waals surface area contributed by atoms with Crippen LogP contribution >= 0.6 is 27.5 Å². The van der Waals surface area contributed by atoms with Crippen molar-refractivity contribution in [1.29, 1.82) is 0 Å². The first-order valence-corrected chi connectivity index (χ1v) is 7.63. The lowest BCUT2D eigenvalue weighted by Gasteiger charge is -2.27. The zero-order chi connectivity index (χ0) is 13.8. The highest BCUT2D eigenvalue weighted by Gasteiger charge is 2.25. The maximum Gasteiger partial charge on any atom is 0.306 e. The molecule has 2 rings (SSSR count). The van der Waals surface area contributed by atoms with Crippen LogP contribution in [0, 0.1) is 5.92 Å². The topological polar surface area (TPSA) is 49.3 Å². The standard InChI is InChI=1S/C14H17BrClNO2/c15-11-3-6-13(16)10(7-11)8-17-12-4-1-9(2-5-12)14(18)19/h3,6-7,9,12,17H,1-2,4-5,8H2,(H,18,19). The molecule has 1 aromatic carbocycles. The van der Waals surface area contributed by atoms with E-state index >= 15 is 0 Å². The predicted molar refractivity (Wildman–Crippen MR) is 79.4 cm³/mol. The van der Waals surface area contributed by atoms with E-state index in [9.17, 15) is 4.79 Å². The third-order valence-electron chi connectivity index (χ3n) is 3.67. The summed E-state index contributed by atoms with van der Waals surface area (Å²) in [4.78, 5) is 10.9. The third kappa shape index (κ3) is 4.20. The van der Waals surface area contributed by atoms with E-state index in [4.69, 9.17) is 16.7 Å². The van der Waals surface area contributed by atoms with Gasteiger partial charge in [-0.2, -0.15) is 0 Å². The summed E-state index contributed by atoms with van der Waals surface area (Å²) in [6.45, 7) is 0.723. The summed E-state index contributed by atoms with van der Waals surface area (Å²) in [7, 11) is 0. The number of carboxylic acid groups (broad SMARTS) is 1. The smallest absolute Gasteiger partial charge is 0.306 e. The molecule has 1 aromatic rings. The molecule has 0 spiro atoms. The lowest BCUT2D eigenvalue weighted by molar-refractivity contribution is -0.142.